The van der Waals surface area contributed by atoms with E-state index in [2.05, 4.69) is 4.98 Å². The Morgan fingerprint density at radius 3 is 2.77 bits per heavy atom. The molecule has 4 aromatic rings. The van der Waals surface area contributed by atoms with E-state index in [0.717, 1.165) is 27.5 Å². The predicted octanol–water partition coefficient (Wildman–Crippen LogP) is 4.91. The first-order chi connectivity index (χ1) is 14.6. The Balaban J connectivity index is 1.48. The number of pyridine rings is 1. The minimum atomic E-state index is -0.00378. The predicted molar refractivity (Wildman–Crippen MR) is 120 cm³/mol. The normalized spacial score (nSPS) is 10.9. The van der Waals surface area contributed by atoms with Crippen molar-refractivity contribution in [3.8, 4) is 5.75 Å². The van der Waals surface area contributed by atoms with E-state index >= 15 is 0 Å². The molecule has 0 N–H and O–H groups in total. The average molecular weight is 418 g/mol. The fourth-order valence-corrected chi connectivity index (χ4v) is 4.23. The van der Waals surface area contributed by atoms with E-state index in [4.69, 9.17) is 4.74 Å². The topological polar surface area (TPSA) is 46.8 Å². The average Bonchev–Trinajstić information content (AvgIpc) is 3.20. The molecule has 0 spiro atoms. The first-order valence-corrected chi connectivity index (χ1v) is 10.7. The van der Waals surface area contributed by atoms with Gasteiger partial charge in [0.2, 0.25) is 0 Å². The van der Waals surface area contributed by atoms with Gasteiger partial charge in [-0.15, -0.1) is 11.8 Å². The third-order valence-corrected chi connectivity index (χ3v) is 5.91. The molecule has 1 amide bonds. The largest absolute Gasteiger partial charge is 0.497 e. The summed E-state index contributed by atoms with van der Waals surface area (Å²) in [4.78, 5) is 20.5. The highest BCUT2D eigenvalue weighted by molar-refractivity contribution is 7.98. The van der Waals surface area contributed by atoms with E-state index in [9.17, 15) is 4.79 Å². The summed E-state index contributed by atoms with van der Waals surface area (Å²) in [5, 5.41) is 0. The van der Waals surface area contributed by atoms with Crippen LogP contribution in [0.25, 0.3) is 5.65 Å². The van der Waals surface area contributed by atoms with Gasteiger partial charge < -0.3 is 14.0 Å². The molecular weight excluding hydrogens is 394 g/mol. The van der Waals surface area contributed by atoms with Gasteiger partial charge in [-0.3, -0.25) is 4.79 Å². The van der Waals surface area contributed by atoms with Gasteiger partial charge in [0.15, 0.2) is 0 Å². The summed E-state index contributed by atoms with van der Waals surface area (Å²) in [6.45, 7) is 0.515. The van der Waals surface area contributed by atoms with Gasteiger partial charge in [0, 0.05) is 36.6 Å². The van der Waals surface area contributed by atoms with Crippen LogP contribution in [0.5, 0.6) is 5.75 Å². The Bertz CT molecular complexity index is 1140. The molecule has 0 aliphatic rings. The molecule has 0 saturated heterocycles. The Hall–Kier alpha value is -3.25. The van der Waals surface area contributed by atoms with Crippen LogP contribution in [0, 0.1) is 0 Å². The maximum atomic E-state index is 13.1. The summed E-state index contributed by atoms with van der Waals surface area (Å²) in [5.74, 6) is 1.48. The van der Waals surface area contributed by atoms with Crippen LogP contribution in [0.3, 0.4) is 0 Å². The second-order valence-corrected chi connectivity index (χ2v) is 8.01. The lowest BCUT2D eigenvalue weighted by Crippen LogP contribution is -2.26. The van der Waals surface area contributed by atoms with E-state index in [1.165, 1.54) is 0 Å². The second-order valence-electron chi connectivity index (χ2n) is 7.00. The number of hydrogen-bond donors (Lipinski definition) is 0. The first-order valence-electron chi connectivity index (χ1n) is 9.67. The molecule has 5 nitrogen and oxygen atoms in total. The summed E-state index contributed by atoms with van der Waals surface area (Å²) in [7, 11) is 3.47. The highest BCUT2D eigenvalue weighted by Gasteiger charge is 2.17. The zero-order valence-corrected chi connectivity index (χ0v) is 17.8. The lowest BCUT2D eigenvalue weighted by Gasteiger charge is -2.19. The number of ether oxygens (including phenoxy) is 1. The molecule has 2 aromatic carbocycles. The summed E-state index contributed by atoms with van der Waals surface area (Å²) in [6, 6.07) is 21.5. The first kappa shape index (κ1) is 20.0. The SMILES string of the molecule is COc1cccc(CN(C)C(=O)c2ccccc2SCc2cn3ccccc3n2)c1. The van der Waals surface area contributed by atoms with Crippen LogP contribution < -0.4 is 4.74 Å². The summed E-state index contributed by atoms with van der Waals surface area (Å²) in [5.41, 5.74) is 3.64. The van der Waals surface area contributed by atoms with Crippen LogP contribution in [-0.4, -0.2) is 34.3 Å². The van der Waals surface area contributed by atoms with Gasteiger partial charge in [-0.05, 0) is 42.0 Å². The van der Waals surface area contributed by atoms with Crippen molar-refractivity contribution in [2.75, 3.05) is 14.2 Å². The quantitative estimate of drug-likeness (QED) is 0.401. The lowest BCUT2D eigenvalue weighted by atomic mass is 10.1. The number of rotatable bonds is 7. The minimum absolute atomic E-state index is 0.00378. The molecule has 2 aromatic heterocycles. The molecule has 0 aliphatic heterocycles. The number of methoxy groups -OCH3 is 1. The lowest BCUT2D eigenvalue weighted by molar-refractivity contribution is 0.0781. The van der Waals surface area contributed by atoms with Gasteiger partial charge >= 0.3 is 0 Å². The summed E-state index contributed by atoms with van der Waals surface area (Å²) >= 11 is 1.63. The van der Waals surface area contributed by atoms with E-state index < -0.39 is 0 Å². The molecule has 0 radical (unpaired) electrons. The maximum absolute atomic E-state index is 13.1. The zero-order chi connectivity index (χ0) is 20.9. The van der Waals surface area contributed by atoms with Crippen molar-refractivity contribution in [1.29, 1.82) is 0 Å². The molecule has 0 atom stereocenters. The van der Waals surface area contributed by atoms with E-state index in [0.29, 0.717) is 17.9 Å². The number of thioether (sulfide) groups is 1. The molecule has 0 fully saturated rings. The van der Waals surface area contributed by atoms with Gasteiger partial charge in [0.05, 0.1) is 18.4 Å². The standard InChI is InChI=1S/C24H23N3O2S/c1-26(15-18-8-7-9-20(14-18)29-2)24(28)21-10-3-4-11-22(21)30-17-19-16-27-13-6-5-12-23(27)25-19/h3-14,16H,15,17H2,1-2H3. The fourth-order valence-electron chi connectivity index (χ4n) is 3.30. The molecular formula is C24H23N3O2S. The van der Waals surface area contributed by atoms with Crippen molar-refractivity contribution in [3.05, 3.63) is 95.9 Å². The highest BCUT2D eigenvalue weighted by Crippen LogP contribution is 2.27. The van der Waals surface area contributed by atoms with Crippen molar-refractivity contribution in [3.63, 3.8) is 0 Å². The zero-order valence-electron chi connectivity index (χ0n) is 17.0. The van der Waals surface area contributed by atoms with Gasteiger partial charge in [0.1, 0.15) is 11.4 Å². The van der Waals surface area contributed by atoms with Crippen molar-refractivity contribution in [2.24, 2.45) is 0 Å². The van der Waals surface area contributed by atoms with Crippen molar-refractivity contribution in [2.45, 2.75) is 17.2 Å². The Kier molecular flexibility index (Phi) is 6.05. The van der Waals surface area contributed by atoms with Gasteiger partial charge in [-0.25, -0.2) is 4.98 Å². The number of hydrogen-bond acceptors (Lipinski definition) is 4. The van der Waals surface area contributed by atoms with Crippen molar-refractivity contribution in [1.82, 2.24) is 14.3 Å². The third kappa shape index (κ3) is 4.49. The number of fused-ring (bicyclic) bond motifs is 1. The summed E-state index contributed by atoms with van der Waals surface area (Å²) < 4.78 is 7.29. The van der Waals surface area contributed by atoms with Gasteiger partial charge in [-0.2, -0.15) is 0 Å². The molecule has 30 heavy (non-hydrogen) atoms. The number of benzene rings is 2. The van der Waals surface area contributed by atoms with Gasteiger partial charge in [-0.1, -0.05) is 30.3 Å². The number of imidazole rings is 1. The summed E-state index contributed by atoms with van der Waals surface area (Å²) in [6.07, 6.45) is 4.02. The monoisotopic (exact) mass is 417 g/mol. The van der Waals surface area contributed by atoms with Crippen molar-refractivity contribution >= 4 is 23.3 Å². The smallest absolute Gasteiger partial charge is 0.255 e. The maximum Gasteiger partial charge on any atom is 0.255 e. The molecule has 0 saturated carbocycles. The number of carbonyl (C=O) groups is 1. The van der Waals surface area contributed by atoms with Crippen LogP contribution in [-0.2, 0) is 12.3 Å². The Morgan fingerprint density at radius 2 is 1.93 bits per heavy atom. The molecule has 6 heteroatoms. The minimum Gasteiger partial charge on any atom is -0.497 e. The molecule has 0 bridgehead atoms. The van der Waals surface area contributed by atoms with Crippen LogP contribution in [0.4, 0.5) is 0 Å². The second kappa shape index (κ2) is 9.05. The number of nitrogens with zero attached hydrogens (tertiary/aromatic N) is 3. The number of amides is 1. The van der Waals surface area contributed by atoms with E-state index in [1.807, 2.05) is 90.6 Å². The molecule has 0 aliphatic carbocycles. The molecule has 2 heterocycles. The number of carbonyl (C=O) groups excluding carboxylic acids is 1. The van der Waals surface area contributed by atoms with Crippen molar-refractivity contribution < 1.29 is 9.53 Å². The van der Waals surface area contributed by atoms with Crippen LogP contribution in [0.15, 0.2) is 84.0 Å². The van der Waals surface area contributed by atoms with Crippen LogP contribution >= 0.6 is 11.8 Å². The van der Waals surface area contributed by atoms with Crippen LogP contribution in [0.2, 0.25) is 0 Å². The fraction of sp³-hybridized carbons (Fsp3) is 0.167. The van der Waals surface area contributed by atoms with Crippen LogP contribution in [0.1, 0.15) is 21.6 Å². The molecule has 152 valence electrons. The molecule has 0 unspecified atom stereocenters. The van der Waals surface area contributed by atoms with E-state index in [1.54, 1.807) is 23.8 Å². The Labute approximate surface area is 180 Å². The van der Waals surface area contributed by atoms with Gasteiger partial charge in [0.25, 0.3) is 5.91 Å². The van der Waals surface area contributed by atoms with E-state index in [-0.39, 0.29) is 5.91 Å². The third-order valence-electron chi connectivity index (χ3n) is 4.81. The Morgan fingerprint density at radius 1 is 1.10 bits per heavy atom. The number of aromatic nitrogens is 2. The highest BCUT2D eigenvalue weighted by atomic mass is 32.2. The molecule has 4 rings (SSSR count).